The summed E-state index contributed by atoms with van der Waals surface area (Å²) in [5.41, 5.74) is 3.13. The van der Waals surface area contributed by atoms with Gasteiger partial charge in [0.1, 0.15) is 0 Å². The van der Waals surface area contributed by atoms with Crippen molar-refractivity contribution in [3.8, 4) is 0 Å². The highest BCUT2D eigenvalue weighted by molar-refractivity contribution is 6.30. The topological polar surface area (TPSA) is 23.6 Å². The normalized spacial score (nSPS) is 15.7. The summed E-state index contributed by atoms with van der Waals surface area (Å²) in [7, 11) is 0. The predicted octanol–water partition coefficient (Wildman–Crippen LogP) is 3.65. The lowest BCUT2D eigenvalue weighted by Gasteiger charge is -2.35. The lowest BCUT2D eigenvalue weighted by molar-refractivity contribution is 0.0926. The van der Waals surface area contributed by atoms with E-state index in [9.17, 15) is 4.79 Å². The van der Waals surface area contributed by atoms with E-state index in [1.54, 1.807) is 0 Å². The van der Waals surface area contributed by atoms with E-state index in [1.165, 1.54) is 5.56 Å². The van der Waals surface area contributed by atoms with Gasteiger partial charge >= 0.3 is 0 Å². The zero-order chi connectivity index (χ0) is 16.2. The first-order chi connectivity index (χ1) is 11.1. The highest BCUT2D eigenvalue weighted by Gasteiger charge is 2.19. The summed E-state index contributed by atoms with van der Waals surface area (Å²) in [6, 6.07) is 15.8. The molecule has 0 N–H and O–H groups in total. The Morgan fingerprint density at radius 1 is 1.04 bits per heavy atom. The molecule has 120 valence electrons. The standard InChI is InChI=1S/C19H21ClN2O/c1-15-5-7-16(8-6-15)19(23)14-21-9-11-22(12-10-21)18-4-2-3-17(20)13-18/h2-8,13H,9-12,14H2,1H3. The second-order valence-electron chi connectivity index (χ2n) is 6.03. The van der Waals surface area contributed by atoms with E-state index in [2.05, 4.69) is 15.9 Å². The van der Waals surface area contributed by atoms with E-state index in [4.69, 9.17) is 11.6 Å². The number of aryl methyl sites for hydroxylation is 1. The molecule has 0 amide bonds. The second-order valence-corrected chi connectivity index (χ2v) is 6.47. The molecule has 3 nitrogen and oxygen atoms in total. The average Bonchev–Trinajstić information content (AvgIpc) is 2.56. The fraction of sp³-hybridized carbons (Fsp3) is 0.316. The van der Waals surface area contributed by atoms with Crippen LogP contribution in [0.4, 0.5) is 5.69 Å². The smallest absolute Gasteiger partial charge is 0.176 e. The summed E-state index contributed by atoms with van der Waals surface area (Å²) >= 11 is 6.06. The van der Waals surface area contributed by atoms with Crippen molar-refractivity contribution in [3.05, 3.63) is 64.7 Å². The Morgan fingerprint density at radius 2 is 1.74 bits per heavy atom. The van der Waals surface area contributed by atoms with E-state index in [0.717, 1.165) is 42.5 Å². The van der Waals surface area contributed by atoms with Gasteiger partial charge in [-0.1, -0.05) is 47.5 Å². The van der Waals surface area contributed by atoms with Crippen molar-refractivity contribution in [2.24, 2.45) is 0 Å². The third-order valence-corrected chi connectivity index (χ3v) is 4.52. The summed E-state index contributed by atoms with van der Waals surface area (Å²) in [4.78, 5) is 16.9. The Morgan fingerprint density at radius 3 is 2.39 bits per heavy atom. The van der Waals surface area contributed by atoms with Crippen LogP contribution >= 0.6 is 11.6 Å². The van der Waals surface area contributed by atoms with E-state index in [-0.39, 0.29) is 5.78 Å². The molecule has 0 aliphatic carbocycles. The molecule has 3 rings (SSSR count). The number of piperazine rings is 1. The lowest BCUT2D eigenvalue weighted by atomic mass is 10.1. The monoisotopic (exact) mass is 328 g/mol. The van der Waals surface area contributed by atoms with Gasteiger partial charge in [-0.05, 0) is 25.1 Å². The number of hydrogen-bond acceptors (Lipinski definition) is 3. The number of carbonyl (C=O) groups is 1. The van der Waals surface area contributed by atoms with Crippen LogP contribution in [0.25, 0.3) is 0 Å². The van der Waals surface area contributed by atoms with Gasteiger partial charge in [-0.2, -0.15) is 0 Å². The number of rotatable bonds is 4. The van der Waals surface area contributed by atoms with Gasteiger partial charge in [-0.15, -0.1) is 0 Å². The van der Waals surface area contributed by atoms with Crippen LogP contribution in [0.5, 0.6) is 0 Å². The summed E-state index contributed by atoms with van der Waals surface area (Å²) in [5, 5.41) is 0.763. The maximum absolute atomic E-state index is 12.3. The van der Waals surface area contributed by atoms with Crippen molar-refractivity contribution >= 4 is 23.1 Å². The molecule has 1 heterocycles. The molecule has 0 spiro atoms. The Balaban J connectivity index is 1.55. The van der Waals surface area contributed by atoms with E-state index in [0.29, 0.717) is 6.54 Å². The molecule has 0 saturated carbocycles. The van der Waals surface area contributed by atoms with Crippen LogP contribution < -0.4 is 4.90 Å². The Bertz CT molecular complexity index is 676. The molecule has 2 aromatic rings. The van der Waals surface area contributed by atoms with E-state index >= 15 is 0 Å². The molecule has 1 fully saturated rings. The van der Waals surface area contributed by atoms with Crippen LogP contribution in [0.1, 0.15) is 15.9 Å². The highest BCUT2D eigenvalue weighted by atomic mass is 35.5. The van der Waals surface area contributed by atoms with Gasteiger partial charge in [0.05, 0.1) is 6.54 Å². The Labute approximate surface area is 142 Å². The molecule has 1 saturated heterocycles. The molecular weight excluding hydrogens is 308 g/mol. The summed E-state index contributed by atoms with van der Waals surface area (Å²) in [6.45, 7) is 6.15. The molecule has 1 aliphatic rings. The summed E-state index contributed by atoms with van der Waals surface area (Å²) < 4.78 is 0. The predicted molar refractivity (Wildman–Crippen MR) is 95.6 cm³/mol. The Hall–Kier alpha value is -1.84. The summed E-state index contributed by atoms with van der Waals surface area (Å²) in [6.07, 6.45) is 0. The number of nitrogens with zero attached hydrogens (tertiary/aromatic N) is 2. The summed E-state index contributed by atoms with van der Waals surface area (Å²) in [5.74, 6) is 0.196. The van der Waals surface area contributed by atoms with Crippen LogP contribution in [0, 0.1) is 6.92 Å². The third kappa shape index (κ3) is 4.12. The molecular formula is C19H21ClN2O. The van der Waals surface area contributed by atoms with Gasteiger partial charge in [0.25, 0.3) is 0 Å². The molecule has 0 atom stereocenters. The van der Waals surface area contributed by atoms with Crippen LogP contribution in [0.2, 0.25) is 5.02 Å². The fourth-order valence-corrected chi connectivity index (χ4v) is 3.06. The zero-order valence-electron chi connectivity index (χ0n) is 13.3. The first kappa shape index (κ1) is 16.0. The van der Waals surface area contributed by atoms with Crippen molar-refractivity contribution in [1.82, 2.24) is 4.90 Å². The molecule has 0 radical (unpaired) electrons. The van der Waals surface area contributed by atoms with Crippen molar-refractivity contribution in [1.29, 1.82) is 0 Å². The fourth-order valence-electron chi connectivity index (χ4n) is 2.87. The number of carbonyl (C=O) groups excluding carboxylic acids is 1. The maximum atomic E-state index is 12.3. The molecule has 2 aromatic carbocycles. The molecule has 4 heteroatoms. The number of benzene rings is 2. The van der Waals surface area contributed by atoms with Crippen LogP contribution in [-0.2, 0) is 0 Å². The van der Waals surface area contributed by atoms with Gasteiger partial charge < -0.3 is 4.90 Å². The van der Waals surface area contributed by atoms with Crippen molar-refractivity contribution in [2.45, 2.75) is 6.92 Å². The van der Waals surface area contributed by atoms with E-state index in [1.807, 2.05) is 49.4 Å². The molecule has 0 bridgehead atoms. The van der Waals surface area contributed by atoms with Crippen LogP contribution in [0.15, 0.2) is 48.5 Å². The SMILES string of the molecule is Cc1ccc(C(=O)CN2CCN(c3cccc(Cl)c3)CC2)cc1. The molecule has 0 aromatic heterocycles. The quantitative estimate of drug-likeness (QED) is 0.800. The average molecular weight is 329 g/mol. The number of hydrogen-bond donors (Lipinski definition) is 0. The maximum Gasteiger partial charge on any atom is 0.176 e. The lowest BCUT2D eigenvalue weighted by Crippen LogP contribution is -2.48. The van der Waals surface area contributed by atoms with Gasteiger partial charge in [-0.25, -0.2) is 0 Å². The van der Waals surface area contributed by atoms with Crippen LogP contribution in [0.3, 0.4) is 0 Å². The zero-order valence-corrected chi connectivity index (χ0v) is 14.1. The van der Waals surface area contributed by atoms with Gasteiger partial charge in [0.15, 0.2) is 5.78 Å². The van der Waals surface area contributed by atoms with Gasteiger partial charge in [0, 0.05) is 42.5 Å². The largest absolute Gasteiger partial charge is 0.369 e. The van der Waals surface area contributed by atoms with Crippen molar-refractivity contribution in [3.63, 3.8) is 0 Å². The number of halogens is 1. The highest BCUT2D eigenvalue weighted by Crippen LogP contribution is 2.20. The molecule has 0 unspecified atom stereocenters. The third-order valence-electron chi connectivity index (χ3n) is 4.29. The minimum absolute atomic E-state index is 0.196. The van der Waals surface area contributed by atoms with Crippen LogP contribution in [-0.4, -0.2) is 43.4 Å². The number of Topliss-reactive ketones (excluding diaryl/α,β-unsaturated/α-hetero) is 1. The first-order valence-electron chi connectivity index (χ1n) is 7.94. The Kier molecular flexibility index (Phi) is 4.99. The first-order valence-corrected chi connectivity index (χ1v) is 8.32. The molecule has 1 aliphatic heterocycles. The van der Waals surface area contributed by atoms with E-state index < -0.39 is 0 Å². The van der Waals surface area contributed by atoms with Crippen molar-refractivity contribution in [2.75, 3.05) is 37.6 Å². The number of anilines is 1. The van der Waals surface area contributed by atoms with Gasteiger partial charge in [0.2, 0.25) is 0 Å². The molecule has 23 heavy (non-hydrogen) atoms. The number of ketones is 1. The van der Waals surface area contributed by atoms with Gasteiger partial charge in [-0.3, -0.25) is 9.69 Å². The second kappa shape index (κ2) is 7.16. The van der Waals surface area contributed by atoms with Crippen molar-refractivity contribution < 1.29 is 4.79 Å². The minimum Gasteiger partial charge on any atom is -0.369 e. The minimum atomic E-state index is 0.196.